The van der Waals surface area contributed by atoms with E-state index in [1.54, 1.807) is 6.92 Å². The van der Waals surface area contributed by atoms with Crippen LogP contribution in [0.15, 0.2) is 29.5 Å². The van der Waals surface area contributed by atoms with Gasteiger partial charge in [0.05, 0.1) is 14.2 Å². The molecule has 3 rings (SSSR count). The van der Waals surface area contributed by atoms with E-state index in [9.17, 15) is 23.1 Å². The Morgan fingerprint density at radius 2 is 1.96 bits per heavy atom. The molecule has 1 amide bonds. The van der Waals surface area contributed by atoms with E-state index in [1.165, 1.54) is 32.4 Å². The number of allylic oxidation sites excluding steroid dienone is 1. The smallest absolute Gasteiger partial charge is 0.442 e. The molecule has 0 fully saturated rings. The molecule has 1 aliphatic carbocycles. The van der Waals surface area contributed by atoms with Crippen LogP contribution < -0.4 is 14.9 Å². The molecule has 0 saturated carbocycles. The minimum Gasteiger partial charge on any atom is -0.493 e. The van der Waals surface area contributed by atoms with Gasteiger partial charge in [-0.25, -0.2) is 5.01 Å². The number of aliphatic hydroxyl groups is 1. The third-order valence-corrected chi connectivity index (χ3v) is 5.09. The first-order valence-electron chi connectivity index (χ1n) is 8.51. The lowest BCUT2D eigenvalue weighted by Crippen LogP contribution is -2.62. The molecule has 1 aliphatic heterocycles. The van der Waals surface area contributed by atoms with Gasteiger partial charge in [0.25, 0.3) is 11.6 Å². The fourth-order valence-electron chi connectivity index (χ4n) is 3.63. The molecule has 0 spiro atoms. The summed E-state index contributed by atoms with van der Waals surface area (Å²) in [4.78, 5) is 12.9. The third-order valence-electron chi connectivity index (χ3n) is 5.09. The molecule has 0 saturated heterocycles. The van der Waals surface area contributed by atoms with Crippen LogP contribution in [0.1, 0.15) is 36.5 Å². The number of nitrogens with one attached hydrogen (secondary N) is 1. The third kappa shape index (κ3) is 2.90. The van der Waals surface area contributed by atoms with Gasteiger partial charge in [-0.15, -0.1) is 0 Å². The lowest BCUT2D eigenvalue weighted by Gasteiger charge is -2.36. The Labute approximate surface area is 154 Å². The maximum absolute atomic E-state index is 13.9. The highest BCUT2D eigenvalue weighted by molar-refractivity contribution is 5.95. The number of nitrogens with zero attached hydrogens (tertiary/aromatic N) is 1. The van der Waals surface area contributed by atoms with Gasteiger partial charge in [-0.1, -0.05) is 6.92 Å². The molecule has 27 heavy (non-hydrogen) atoms. The predicted molar refractivity (Wildman–Crippen MR) is 89.9 cm³/mol. The first kappa shape index (κ1) is 19.3. The summed E-state index contributed by atoms with van der Waals surface area (Å²) < 4.78 is 51.8. The van der Waals surface area contributed by atoms with Crippen molar-refractivity contribution in [3.8, 4) is 11.5 Å². The molecule has 148 valence electrons. The van der Waals surface area contributed by atoms with E-state index < -0.39 is 17.8 Å². The lowest BCUT2D eigenvalue weighted by atomic mass is 9.84. The zero-order valence-corrected chi connectivity index (χ0v) is 15.2. The molecular formula is C18H21F3N2O4. The van der Waals surface area contributed by atoms with Crippen molar-refractivity contribution >= 4 is 5.91 Å². The fourth-order valence-corrected chi connectivity index (χ4v) is 3.63. The van der Waals surface area contributed by atoms with Gasteiger partial charge in [-0.3, -0.25) is 10.2 Å². The van der Waals surface area contributed by atoms with E-state index in [-0.39, 0.29) is 39.9 Å². The maximum atomic E-state index is 13.9. The van der Waals surface area contributed by atoms with E-state index in [4.69, 9.17) is 9.47 Å². The number of hydrazine groups is 1. The summed E-state index contributed by atoms with van der Waals surface area (Å²) in [6.45, 7) is 1.77. The molecular weight excluding hydrogens is 365 g/mol. The summed E-state index contributed by atoms with van der Waals surface area (Å²) in [5, 5.41) is 10.9. The summed E-state index contributed by atoms with van der Waals surface area (Å²) in [5.74, 6) is -0.701. The molecule has 0 unspecified atom stereocenters. The van der Waals surface area contributed by atoms with Gasteiger partial charge in [0.1, 0.15) is 0 Å². The number of benzene rings is 1. The monoisotopic (exact) mass is 386 g/mol. The van der Waals surface area contributed by atoms with E-state index in [1.807, 2.05) is 0 Å². The van der Waals surface area contributed by atoms with Crippen LogP contribution in [0.25, 0.3) is 0 Å². The Hall–Kier alpha value is -2.42. The number of hydrogen-bond acceptors (Lipinski definition) is 5. The maximum Gasteiger partial charge on any atom is 0.442 e. The van der Waals surface area contributed by atoms with Crippen molar-refractivity contribution in [2.75, 3.05) is 14.2 Å². The molecule has 1 aromatic carbocycles. The van der Waals surface area contributed by atoms with Crippen molar-refractivity contribution in [3.63, 3.8) is 0 Å². The average Bonchev–Trinajstić information content (AvgIpc) is 2.96. The van der Waals surface area contributed by atoms with Crippen LogP contribution in [-0.2, 0) is 0 Å². The summed E-state index contributed by atoms with van der Waals surface area (Å²) in [6, 6.07) is 4.02. The number of methoxy groups -OCH3 is 2. The molecule has 1 aromatic rings. The standard InChI is InChI=1S/C18H21F3N2O4/c1-10-5-4-6-12-15(10)22-23(17(12,25)18(19,20)21)16(24)11-7-8-13(26-2)14(9-11)27-3/h7-10,22,25H,4-6H2,1-3H3/t10-,17-/m1/s1. The van der Waals surface area contributed by atoms with Crippen LogP contribution in [0, 0.1) is 5.92 Å². The SMILES string of the molecule is COc1ccc(C(=O)N2NC3=C(CCC[C@H]3C)[C@@]2(O)C(F)(F)F)cc1OC. The number of ether oxygens (including phenoxy) is 2. The second-order valence-corrected chi connectivity index (χ2v) is 6.68. The number of carbonyl (C=O) groups excluding carboxylic acids is 1. The summed E-state index contributed by atoms with van der Waals surface area (Å²) in [7, 11) is 2.76. The van der Waals surface area contributed by atoms with Gasteiger partial charge < -0.3 is 14.6 Å². The number of alkyl halides is 3. The molecule has 0 aromatic heterocycles. The highest BCUT2D eigenvalue weighted by Crippen LogP contribution is 2.49. The second-order valence-electron chi connectivity index (χ2n) is 6.68. The van der Waals surface area contributed by atoms with Gasteiger partial charge in [0, 0.05) is 16.8 Å². The van der Waals surface area contributed by atoms with Crippen LogP contribution in [0.4, 0.5) is 13.2 Å². The zero-order chi connectivity index (χ0) is 20.0. The molecule has 0 bridgehead atoms. The van der Waals surface area contributed by atoms with Crippen molar-refractivity contribution in [2.24, 2.45) is 5.92 Å². The Bertz CT molecular complexity index is 793. The van der Waals surface area contributed by atoms with Gasteiger partial charge in [0.15, 0.2) is 11.5 Å². The van der Waals surface area contributed by atoms with Crippen LogP contribution in [0.5, 0.6) is 11.5 Å². The zero-order valence-electron chi connectivity index (χ0n) is 15.2. The van der Waals surface area contributed by atoms with Crippen molar-refractivity contribution in [1.29, 1.82) is 0 Å². The van der Waals surface area contributed by atoms with Crippen LogP contribution in [0.2, 0.25) is 0 Å². The van der Waals surface area contributed by atoms with Crippen LogP contribution >= 0.6 is 0 Å². The molecule has 2 N–H and O–H groups in total. The van der Waals surface area contributed by atoms with Crippen LogP contribution in [-0.4, -0.2) is 42.1 Å². The van der Waals surface area contributed by atoms with Crippen molar-refractivity contribution < 1.29 is 32.5 Å². The largest absolute Gasteiger partial charge is 0.493 e. The fraction of sp³-hybridized carbons (Fsp3) is 0.500. The van der Waals surface area contributed by atoms with Crippen molar-refractivity contribution in [1.82, 2.24) is 10.4 Å². The van der Waals surface area contributed by atoms with E-state index in [0.717, 1.165) is 0 Å². The summed E-state index contributed by atoms with van der Waals surface area (Å²) in [5.41, 5.74) is -0.869. The van der Waals surface area contributed by atoms with E-state index >= 15 is 0 Å². The van der Waals surface area contributed by atoms with E-state index in [0.29, 0.717) is 18.6 Å². The highest BCUT2D eigenvalue weighted by Gasteiger charge is 2.66. The number of rotatable bonds is 3. The number of hydrogen-bond donors (Lipinski definition) is 2. The Morgan fingerprint density at radius 1 is 1.30 bits per heavy atom. The Morgan fingerprint density at radius 3 is 2.56 bits per heavy atom. The summed E-state index contributed by atoms with van der Waals surface area (Å²) >= 11 is 0. The minimum atomic E-state index is -5.06. The topological polar surface area (TPSA) is 71.0 Å². The first-order chi connectivity index (χ1) is 12.6. The number of amides is 1. The quantitative estimate of drug-likeness (QED) is 0.836. The second kappa shape index (κ2) is 6.63. The van der Waals surface area contributed by atoms with Crippen molar-refractivity contribution in [2.45, 2.75) is 38.1 Å². The molecule has 0 radical (unpaired) electrons. The molecule has 9 heteroatoms. The van der Waals surface area contributed by atoms with Gasteiger partial charge in [-0.05, 0) is 43.4 Å². The molecule has 6 nitrogen and oxygen atoms in total. The first-order valence-corrected chi connectivity index (χ1v) is 8.51. The predicted octanol–water partition coefficient (Wildman–Crippen LogP) is 2.99. The molecule has 1 heterocycles. The van der Waals surface area contributed by atoms with Crippen LogP contribution in [0.3, 0.4) is 0 Å². The normalized spacial score (nSPS) is 25.1. The average molecular weight is 386 g/mol. The van der Waals surface area contributed by atoms with Gasteiger partial charge >= 0.3 is 6.18 Å². The number of carbonyl (C=O) groups is 1. The molecule has 2 atom stereocenters. The highest BCUT2D eigenvalue weighted by atomic mass is 19.4. The van der Waals surface area contributed by atoms with Gasteiger partial charge in [-0.2, -0.15) is 13.2 Å². The lowest BCUT2D eigenvalue weighted by molar-refractivity contribution is -0.288. The Kier molecular flexibility index (Phi) is 4.75. The summed E-state index contributed by atoms with van der Waals surface area (Å²) in [6.07, 6.45) is -3.80. The van der Waals surface area contributed by atoms with Gasteiger partial charge in [0.2, 0.25) is 0 Å². The van der Waals surface area contributed by atoms with Crippen molar-refractivity contribution in [3.05, 3.63) is 35.0 Å². The van der Waals surface area contributed by atoms with E-state index in [2.05, 4.69) is 5.43 Å². The number of halogens is 3. The minimum absolute atomic E-state index is 0.0679. The Balaban J connectivity index is 2.04. The molecule has 2 aliphatic rings.